The lowest BCUT2D eigenvalue weighted by molar-refractivity contribution is -0.207. The molecule has 0 aromatic rings. The number of carbonyl (C=O) groups excluding carboxylic acids is 6. The normalized spacial score (nSPS) is 46.7. The third kappa shape index (κ3) is 9.14. The van der Waals surface area contributed by atoms with Crippen LogP contribution in [0.15, 0.2) is 0 Å². The van der Waals surface area contributed by atoms with Crippen molar-refractivity contribution in [1.29, 1.82) is 0 Å². The molecule has 10 rings (SSSR count). The van der Waals surface area contributed by atoms with E-state index in [0.29, 0.717) is 64.9 Å². The molecule has 0 spiro atoms. The van der Waals surface area contributed by atoms with Crippen molar-refractivity contribution in [3.63, 3.8) is 0 Å². The number of hydrogen-bond acceptors (Lipinski definition) is 13. The van der Waals surface area contributed by atoms with Gasteiger partial charge >= 0.3 is 11.9 Å². The predicted octanol–water partition coefficient (Wildman–Crippen LogP) is 6.97. The molecule has 10 fully saturated rings. The van der Waals surface area contributed by atoms with Gasteiger partial charge in [-0.15, -0.1) is 10.1 Å². The summed E-state index contributed by atoms with van der Waals surface area (Å²) in [5.41, 5.74) is -0.210. The second-order valence-electron chi connectivity index (χ2n) is 26.0. The fourth-order valence-electron chi connectivity index (χ4n) is 19.0. The van der Waals surface area contributed by atoms with Crippen LogP contribution in [-0.2, 0) is 38.4 Å². The molecule has 8 saturated carbocycles. The third-order valence-corrected chi connectivity index (χ3v) is 23.0. The lowest BCUT2D eigenvalue weighted by Crippen LogP contribution is -2.62. The Labute approximate surface area is 420 Å². The van der Waals surface area contributed by atoms with Crippen molar-refractivity contribution in [1.82, 2.24) is 10.1 Å². The number of hydrogen-bond donors (Lipinski definition) is 5. The monoisotopic (exact) mass is 995 g/mol. The molecule has 15 nitrogen and oxygen atoms in total. The van der Waals surface area contributed by atoms with Crippen LogP contribution in [0.4, 0.5) is 0 Å². The molecule has 15 heteroatoms. The Hall–Kier alpha value is -2.98. The van der Waals surface area contributed by atoms with Gasteiger partial charge in [-0.2, -0.15) is 0 Å². The van der Waals surface area contributed by atoms with Gasteiger partial charge in [-0.1, -0.05) is 41.5 Å². The van der Waals surface area contributed by atoms with Crippen molar-refractivity contribution in [3.05, 3.63) is 0 Å². The zero-order valence-electron chi connectivity index (χ0n) is 43.5. The van der Waals surface area contributed by atoms with Crippen LogP contribution in [-0.4, -0.2) is 102 Å². The molecule has 8 aliphatic carbocycles. The number of amides is 4. The Morgan fingerprint density at radius 1 is 0.535 bits per heavy atom. The van der Waals surface area contributed by atoms with Crippen LogP contribution in [0, 0.1) is 92.7 Å². The lowest BCUT2D eigenvalue weighted by Gasteiger charge is -2.63. The van der Waals surface area contributed by atoms with Crippen LogP contribution in [0.5, 0.6) is 0 Å². The summed E-state index contributed by atoms with van der Waals surface area (Å²) in [4.78, 5) is 81.8. The molecule has 0 aromatic carbocycles. The van der Waals surface area contributed by atoms with E-state index in [9.17, 15) is 54.3 Å². The highest BCUT2D eigenvalue weighted by Gasteiger charge is 2.67. The first-order valence-corrected chi connectivity index (χ1v) is 28.1. The van der Waals surface area contributed by atoms with E-state index in [1.807, 2.05) is 0 Å². The molecule has 2 heterocycles. The van der Waals surface area contributed by atoms with Gasteiger partial charge in [0.25, 0.3) is 23.6 Å². The summed E-state index contributed by atoms with van der Waals surface area (Å²) in [6, 6.07) is 0. The molecule has 71 heavy (non-hydrogen) atoms. The number of hydroxylamine groups is 4. The molecule has 2 saturated heterocycles. The Morgan fingerprint density at radius 3 is 1.48 bits per heavy atom. The summed E-state index contributed by atoms with van der Waals surface area (Å²) in [5, 5.41) is 56.5. The van der Waals surface area contributed by atoms with Gasteiger partial charge in [-0.25, -0.2) is 9.59 Å². The molecule has 10 aliphatic rings. The standard InChI is InChI=1S/C28H43NO7.C28H43NO6/c1-15(4-9-25(35)36-29-23(33)7-8-24(29)34)18-5-6-19-26-20(14-22(32)28(18,19)3)27(2)11-10-17(30)12-16(27)13-21(26)31;1-16(4-11-26(34)35-29-24(32)9-10-25(29)33)20-7-8-21-19-6-5-17-14-18(30)12-13-27(17,2)22(19)15-23(31)28(20,21)3/h15-22,26,30-32H,4-14H2,1-3H3;16-23,30-31H,4-15H2,1-3H3/t15-,16?,17-,18-,19?,20?,21-,22+,26?,27+,28-;16-,17?,18-,19?,20-,21?,22?,23+,27+,28-/m11/s1. The summed E-state index contributed by atoms with van der Waals surface area (Å²) in [6.45, 7) is 13.6. The zero-order chi connectivity index (χ0) is 51.1. The maximum absolute atomic E-state index is 12.4. The van der Waals surface area contributed by atoms with Crippen molar-refractivity contribution in [2.45, 2.75) is 220 Å². The molecular weight excluding hydrogens is 909 g/mol. The highest BCUT2D eigenvalue weighted by atomic mass is 16.7. The maximum atomic E-state index is 12.4. The molecule has 398 valence electrons. The average molecular weight is 995 g/mol. The fraction of sp³-hybridized carbons (Fsp3) is 0.893. The Kier molecular flexibility index (Phi) is 14.9. The Morgan fingerprint density at radius 2 is 0.972 bits per heavy atom. The Bertz CT molecular complexity index is 2040. The van der Waals surface area contributed by atoms with Crippen LogP contribution in [0.1, 0.15) is 189 Å². The largest absolute Gasteiger partial charge is 0.393 e. The molecule has 0 radical (unpaired) electrons. The van der Waals surface area contributed by atoms with E-state index in [1.165, 1.54) is 12.8 Å². The maximum Gasteiger partial charge on any atom is 0.333 e. The van der Waals surface area contributed by atoms with Crippen molar-refractivity contribution >= 4 is 35.6 Å². The second-order valence-corrected chi connectivity index (χ2v) is 26.0. The van der Waals surface area contributed by atoms with E-state index in [-0.39, 0.29) is 114 Å². The highest BCUT2D eigenvalue weighted by molar-refractivity contribution is 6.02. The van der Waals surface area contributed by atoms with Crippen LogP contribution >= 0.6 is 0 Å². The summed E-state index contributed by atoms with van der Waals surface area (Å²) >= 11 is 0. The average Bonchev–Trinajstić information content (AvgIpc) is 4.07. The number of rotatable bonds is 10. The van der Waals surface area contributed by atoms with Gasteiger partial charge in [-0.3, -0.25) is 19.2 Å². The summed E-state index contributed by atoms with van der Waals surface area (Å²) in [5.74, 6) is 1.18. The van der Waals surface area contributed by atoms with Crippen molar-refractivity contribution < 1.29 is 64.0 Å². The minimum absolute atomic E-state index is 0.0450. The zero-order valence-corrected chi connectivity index (χ0v) is 43.5. The van der Waals surface area contributed by atoms with Crippen LogP contribution in [0.25, 0.3) is 0 Å². The van der Waals surface area contributed by atoms with Crippen molar-refractivity contribution in [2.75, 3.05) is 0 Å². The number of nitrogens with zero attached hydrogens (tertiary/aromatic N) is 2. The third-order valence-electron chi connectivity index (χ3n) is 23.0. The number of aliphatic hydroxyl groups is 5. The van der Waals surface area contributed by atoms with Crippen LogP contribution < -0.4 is 0 Å². The van der Waals surface area contributed by atoms with Gasteiger partial charge in [0.05, 0.1) is 30.5 Å². The van der Waals surface area contributed by atoms with Gasteiger partial charge in [0.2, 0.25) is 0 Å². The first kappa shape index (κ1) is 52.9. The van der Waals surface area contributed by atoms with Crippen LogP contribution in [0.2, 0.25) is 0 Å². The minimum atomic E-state index is -0.574. The first-order valence-electron chi connectivity index (χ1n) is 28.1. The van der Waals surface area contributed by atoms with E-state index >= 15 is 0 Å². The number of fused-ring (bicyclic) bond motifs is 10. The van der Waals surface area contributed by atoms with E-state index in [1.54, 1.807) is 0 Å². The minimum Gasteiger partial charge on any atom is -0.393 e. The topological polar surface area (TPSA) is 229 Å². The molecule has 0 bridgehead atoms. The quantitative estimate of drug-likeness (QED) is 0.140. The second kappa shape index (κ2) is 19.9. The van der Waals surface area contributed by atoms with Crippen molar-refractivity contribution in [3.8, 4) is 0 Å². The Balaban J connectivity index is 0.000000176. The van der Waals surface area contributed by atoms with Gasteiger partial charge < -0.3 is 35.2 Å². The number of aliphatic hydroxyl groups excluding tert-OH is 5. The van der Waals surface area contributed by atoms with Crippen LogP contribution in [0.3, 0.4) is 0 Å². The van der Waals surface area contributed by atoms with Gasteiger partial charge in [0, 0.05) is 38.5 Å². The molecular formula is C56H86N2O13. The predicted molar refractivity (Wildman–Crippen MR) is 258 cm³/mol. The van der Waals surface area contributed by atoms with Gasteiger partial charge in [0.1, 0.15) is 0 Å². The van der Waals surface area contributed by atoms with E-state index in [0.717, 1.165) is 77.0 Å². The SMILES string of the molecule is C[C@H](CCC(=O)ON1C(=O)CCC1=O)[C@H]1CCC2C3C(C[C@H](O)[C@@]21C)[C@@]1(C)CC[C@@H](O)CC1C[C@H]3O.C[C@H](CCC(=O)ON1C(=O)CCC1=O)[C@H]1CCC2C3CCC4C[C@H](O)CC[C@]4(C)C3C[C@H](O)[C@@]21C. The van der Waals surface area contributed by atoms with E-state index in [4.69, 9.17) is 9.68 Å². The lowest BCUT2D eigenvalue weighted by atomic mass is 9.43. The summed E-state index contributed by atoms with van der Waals surface area (Å²) < 4.78 is 0. The molecule has 4 amide bonds. The molecule has 8 unspecified atom stereocenters. The van der Waals surface area contributed by atoms with Crippen molar-refractivity contribution in [2.24, 2.45) is 92.7 Å². The summed E-state index contributed by atoms with van der Waals surface area (Å²) in [6.07, 6.45) is 14.3. The van der Waals surface area contributed by atoms with Gasteiger partial charge in [-0.05, 0) is 202 Å². The highest BCUT2D eigenvalue weighted by Crippen LogP contribution is 2.70. The van der Waals surface area contributed by atoms with E-state index in [2.05, 4.69) is 41.5 Å². The molecule has 5 N–H and O–H groups in total. The molecule has 2 aliphatic heterocycles. The van der Waals surface area contributed by atoms with E-state index < -0.39 is 47.8 Å². The number of imide groups is 2. The van der Waals surface area contributed by atoms with Gasteiger partial charge in [0.15, 0.2) is 0 Å². The first-order chi connectivity index (χ1) is 33.5. The number of carbonyl (C=O) groups is 6. The molecule has 0 aromatic heterocycles. The fourth-order valence-corrected chi connectivity index (χ4v) is 19.0. The smallest absolute Gasteiger partial charge is 0.333 e. The molecule has 21 atom stereocenters. The summed E-state index contributed by atoms with van der Waals surface area (Å²) in [7, 11) is 0.